The molecular formula is C10H18N2O2. The maximum absolute atomic E-state index is 12.0. The highest BCUT2D eigenvalue weighted by atomic mass is 16.5. The molecule has 1 unspecified atom stereocenters. The third-order valence-electron chi connectivity index (χ3n) is 2.45. The first kappa shape index (κ1) is 11.0. The van der Waals surface area contributed by atoms with Crippen LogP contribution in [0.25, 0.3) is 0 Å². The minimum absolute atomic E-state index is 0.0236. The molecule has 0 saturated heterocycles. The van der Waals surface area contributed by atoms with E-state index >= 15 is 0 Å². The van der Waals surface area contributed by atoms with Crippen molar-refractivity contribution < 1.29 is 9.53 Å². The Morgan fingerprint density at radius 2 is 2.43 bits per heavy atom. The topological polar surface area (TPSA) is 55.6 Å². The van der Waals surface area contributed by atoms with Crippen molar-refractivity contribution >= 4 is 5.91 Å². The van der Waals surface area contributed by atoms with Crippen molar-refractivity contribution in [2.75, 3.05) is 19.6 Å². The van der Waals surface area contributed by atoms with Crippen molar-refractivity contribution in [2.24, 2.45) is 5.73 Å². The summed E-state index contributed by atoms with van der Waals surface area (Å²) in [6.07, 6.45) is 4.11. The fourth-order valence-electron chi connectivity index (χ4n) is 1.55. The summed E-state index contributed by atoms with van der Waals surface area (Å²) in [5, 5.41) is 0. The van der Waals surface area contributed by atoms with Gasteiger partial charge >= 0.3 is 0 Å². The molecule has 80 valence electrons. The summed E-state index contributed by atoms with van der Waals surface area (Å²) in [5.74, 6) is 0.0236. The summed E-state index contributed by atoms with van der Waals surface area (Å²) >= 11 is 0. The van der Waals surface area contributed by atoms with E-state index < -0.39 is 5.60 Å². The van der Waals surface area contributed by atoms with Crippen LogP contribution in [0.15, 0.2) is 12.3 Å². The second-order valence-corrected chi connectivity index (χ2v) is 3.60. The molecule has 14 heavy (non-hydrogen) atoms. The van der Waals surface area contributed by atoms with Gasteiger partial charge in [-0.1, -0.05) is 0 Å². The molecule has 0 saturated carbocycles. The first-order chi connectivity index (χ1) is 6.64. The van der Waals surface area contributed by atoms with Gasteiger partial charge in [0.1, 0.15) is 0 Å². The molecule has 1 heterocycles. The number of nitrogens with zero attached hydrogens (tertiary/aromatic N) is 1. The van der Waals surface area contributed by atoms with Crippen LogP contribution in [-0.4, -0.2) is 36.0 Å². The van der Waals surface area contributed by atoms with Crippen LogP contribution >= 0.6 is 0 Å². The maximum atomic E-state index is 12.0. The number of amides is 1. The van der Waals surface area contributed by atoms with Gasteiger partial charge in [-0.15, -0.1) is 0 Å². The van der Waals surface area contributed by atoms with E-state index in [0.29, 0.717) is 26.1 Å². The minimum atomic E-state index is -0.703. The van der Waals surface area contributed by atoms with Gasteiger partial charge in [0.2, 0.25) is 0 Å². The monoisotopic (exact) mass is 198 g/mol. The quantitative estimate of drug-likeness (QED) is 0.715. The molecule has 1 aliphatic heterocycles. The average molecular weight is 198 g/mol. The summed E-state index contributed by atoms with van der Waals surface area (Å²) in [6.45, 7) is 5.51. The Morgan fingerprint density at radius 1 is 1.71 bits per heavy atom. The number of ether oxygens (including phenoxy) is 1. The second kappa shape index (κ2) is 4.46. The largest absolute Gasteiger partial charge is 0.485 e. The van der Waals surface area contributed by atoms with Gasteiger partial charge in [0.05, 0.1) is 6.26 Å². The molecular weight excluding hydrogens is 180 g/mol. The van der Waals surface area contributed by atoms with E-state index in [1.165, 1.54) is 0 Å². The normalized spacial score (nSPS) is 24.8. The van der Waals surface area contributed by atoms with E-state index in [1.54, 1.807) is 11.2 Å². The van der Waals surface area contributed by atoms with Gasteiger partial charge < -0.3 is 15.4 Å². The Morgan fingerprint density at radius 3 is 2.86 bits per heavy atom. The van der Waals surface area contributed by atoms with Gasteiger partial charge in [-0.2, -0.15) is 0 Å². The van der Waals surface area contributed by atoms with Crippen LogP contribution in [0.5, 0.6) is 0 Å². The fraction of sp³-hybridized carbons (Fsp3) is 0.700. The van der Waals surface area contributed by atoms with E-state index in [2.05, 4.69) is 0 Å². The predicted octanol–water partition coefficient (Wildman–Crippen LogP) is 0.486. The number of carbonyl (C=O) groups is 1. The number of hydrogen-bond donors (Lipinski definition) is 1. The van der Waals surface area contributed by atoms with Crippen molar-refractivity contribution in [3.05, 3.63) is 12.3 Å². The Balaban J connectivity index is 2.62. The third-order valence-corrected chi connectivity index (χ3v) is 2.45. The molecule has 0 aromatic carbocycles. The smallest absolute Gasteiger partial charge is 0.266 e. The molecule has 1 amide bonds. The third kappa shape index (κ3) is 2.07. The predicted molar refractivity (Wildman–Crippen MR) is 54.6 cm³/mol. The first-order valence-corrected chi connectivity index (χ1v) is 4.96. The highest BCUT2D eigenvalue weighted by Gasteiger charge is 2.38. The molecule has 1 atom stereocenters. The van der Waals surface area contributed by atoms with Crippen LogP contribution in [0.1, 0.15) is 20.3 Å². The number of rotatable bonds is 4. The number of hydrogen-bond acceptors (Lipinski definition) is 3. The lowest BCUT2D eigenvalue weighted by Gasteiger charge is -2.30. The van der Waals surface area contributed by atoms with Crippen molar-refractivity contribution in [3.63, 3.8) is 0 Å². The molecule has 4 heteroatoms. The maximum Gasteiger partial charge on any atom is 0.266 e. The molecule has 0 aromatic rings. The summed E-state index contributed by atoms with van der Waals surface area (Å²) < 4.78 is 5.32. The number of carbonyl (C=O) groups excluding carboxylic acids is 1. The zero-order chi connectivity index (χ0) is 10.6. The van der Waals surface area contributed by atoms with Crippen molar-refractivity contribution in [2.45, 2.75) is 25.9 Å². The number of likely N-dealkylation sites (N-methyl/N-ethyl adjacent to an activating group) is 1. The lowest BCUT2D eigenvalue weighted by Crippen LogP contribution is -2.48. The zero-order valence-corrected chi connectivity index (χ0v) is 8.82. The second-order valence-electron chi connectivity index (χ2n) is 3.60. The van der Waals surface area contributed by atoms with Crippen LogP contribution in [0, 0.1) is 0 Å². The molecule has 1 rings (SSSR count). The summed E-state index contributed by atoms with van der Waals surface area (Å²) in [7, 11) is 0. The van der Waals surface area contributed by atoms with E-state index in [-0.39, 0.29) is 5.91 Å². The summed E-state index contributed by atoms with van der Waals surface area (Å²) in [5.41, 5.74) is 4.73. The number of nitrogens with two attached hydrogens (primary N) is 1. The minimum Gasteiger partial charge on any atom is -0.485 e. The van der Waals surface area contributed by atoms with Crippen molar-refractivity contribution in [1.82, 2.24) is 4.90 Å². The van der Waals surface area contributed by atoms with Gasteiger partial charge in [-0.3, -0.25) is 4.79 Å². The molecule has 0 bridgehead atoms. The van der Waals surface area contributed by atoms with E-state index in [9.17, 15) is 4.79 Å². The van der Waals surface area contributed by atoms with Crippen LogP contribution < -0.4 is 5.73 Å². The van der Waals surface area contributed by atoms with Crippen molar-refractivity contribution in [3.8, 4) is 0 Å². The zero-order valence-electron chi connectivity index (χ0n) is 8.82. The fourth-order valence-corrected chi connectivity index (χ4v) is 1.55. The molecule has 0 aliphatic carbocycles. The van der Waals surface area contributed by atoms with Gasteiger partial charge in [0.25, 0.3) is 5.91 Å². The summed E-state index contributed by atoms with van der Waals surface area (Å²) in [4.78, 5) is 13.7. The highest BCUT2D eigenvalue weighted by molar-refractivity contribution is 5.85. The average Bonchev–Trinajstić information content (AvgIpc) is 2.62. The standard InChI is InChI=1S/C10H18N2O2/c1-3-12(7-6-11)9(13)10(2)5-4-8-14-10/h4,8H,3,5-7,11H2,1-2H3. The van der Waals surface area contributed by atoms with E-state index in [0.717, 1.165) is 0 Å². The van der Waals surface area contributed by atoms with E-state index in [4.69, 9.17) is 10.5 Å². The molecule has 1 aliphatic rings. The van der Waals surface area contributed by atoms with Crippen LogP contribution in [-0.2, 0) is 9.53 Å². The van der Waals surface area contributed by atoms with E-state index in [1.807, 2.05) is 19.9 Å². The molecule has 0 aromatic heterocycles. The van der Waals surface area contributed by atoms with Crippen LogP contribution in [0.3, 0.4) is 0 Å². The van der Waals surface area contributed by atoms with Gasteiger partial charge in [-0.25, -0.2) is 0 Å². The molecule has 0 radical (unpaired) electrons. The van der Waals surface area contributed by atoms with Crippen LogP contribution in [0.2, 0.25) is 0 Å². The Kier molecular flexibility index (Phi) is 3.52. The van der Waals surface area contributed by atoms with Gasteiger partial charge in [0, 0.05) is 26.1 Å². The SMILES string of the molecule is CCN(CCN)C(=O)C1(C)CC=CO1. The highest BCUT2D eigenvalue weighted by Crippen LogP contribution is 2.24. The Labute approximate surface area is 84.7 Å². The lowest BCUT2D eigenvalue weighted by atomic mass is 10.0. The Hall–Kier alpha value is -1.03. The lowest BCUT2D eigenvalue weighted by molar-refractivity contribution is -0.148. The van der Waals surface area contributed by atoms with Crippen molar-refractivity contribution in [1.29, 1.82) is 0 Å². The molecule has 0 fully saturated rings. The Bertz CT molecular complexity index is 230. The molecule has 4 nitrogen and oxygen atoms in total. The van der Waals surface area contributed by atoms with Gasteiger partial charge in [0.15, 0.2) is 5.60 Å². The summed E-state index contributed by atoms with van der Waals surface area (Å²) in [6, 6.07) is 0. The molecule has 2 N–H and O–H groups in total. The van der Waals surface area contributed by atoms with Crippen LogP contribution in [0.4, 0.5) is 0 Å². The molecule has 0 spiro atoms. The van der Waals surface area contributed by atoms with Gasteiger partial charge in [-0.05, 0) is 19.9 Å². The first-order valence-electron chi connectivity index (χ1n) is 4.96.